The average molecular weight is 558 g/mol. The Morgan fingerprint density at radius 3 is 1.68 bits per heavy atom. The molecule has 0 radical (unpaired) electrons. The molecular weight excluding hydrogens is 523 g/mol. The van der Waals surface area contributed by atoms with E-state index in [-0.39, 0.29) is 18.0 Å². The first-order valence-electron chi connectivity index (χ1n) is 13.3. The fourth-order valence-electron chi connectivity index (χ4n) is 5.05. The molecule has 0 heterocycles. The van der Waals surface area contributed by atoms with E-state index in [9.17, 15) is 25.1 Å². The molecule has 0 unspecified atom stereocenters. The minimum Gasteiger partial charge on any atom is -0.394 e. The number of carbonyl (C=O) groups is 1. The van der Waals surface area contributed by atoms with Crippen LogP contribution in [0.5, 0.6) is 0 Å². The molecule has 4 aromatic rings. The first-order valence-corrected chi connectivity index (χ1v) is 15.3. The molecule has 0 aliphatic rings. The van der Waals surface area contributed by atoms with Crippen molar-refractivity contribution in [2.45, 2.75) is 31.4 Å². The molecule has 2 atom stereocenters. The number of hydrogen-bond donors (Lipinski definition) is 3. The van der Waals surface area contributed by atoms with Crippen LogP contribution in [0.1, 0.15) is 30.9 Å². The van der Waals surface area contributed by atoms with E-state index < -0.39 is 30.9 Å². The third-order valence-corrected chi connectivity index (χ3v) is 11.6. The molecule has 3 N–H and O–H groups in total. The lowest BCUT2D eigenvalue weighted by molar-refractivity contribution is -0.384. The Labute approximate surface area is 235 Å². The highest BCUT2D eigenvalue weighted by molar-refractivity contribution is 7.95. The van der Waals surface area contributed by atoms with Crippen molar-refractivity contribution >= 4 is 34.8 Å². The largest absolute Gasteiger partial charge is 0.394 e. The minimum absolute atomic E-state index is 0.0963. The van der Waals surface area contributed by atoms with Crippen LogP contribution in [-0.4, -0.2) is 39.9 Å². The monoisotopic (exact) mass is 557 g/mol. The van der Waals surface area contributed by atoms with Gasteiger partial charge in [0.25, 0.3) is 5.69 Å². The highest BCUT2D eigenvalue weighted by Crippen LogP contribution is 2.55. The first-order chi connectivity index (χ1) is 19.5. The molecule has 0 spiro atoms. The third kappa shape index (κ3) is 6.80. The van der Waals surface area contributed by atoms with Gasteiger partial charge in [0, 0.05) is 18.6 Å². The summed E-state index contributed by atoms with van der Waals surface area (Å²) in [6.45, 7) is -0.464. The zero-order valence-corrected chi connectivity index (χ0v) is 23.1. The molecule has 8 heteroatoms. The van der Waals surface area contributed by atoms with E-state index in [2.05, 4.69) is 78.1 Å². The van der Waals surface area contributed by atoms with Crippen LogP contribution >= 0.6 is 7.26 Å². The van der Waals surface area contributed by atoms with Crippen molar-refractivity contribution < 1.29 is 19.9 Å². The number of non-ortho nitro benzene ring substituents is 1. The number of unbranched alkanes of at least 4 members (excludes halogenated alkanes) is 1. The van der Waals surface area contributed by atoms with Gasteiger partial charge in [-0.15, -0.1) is 0 Å². The summed E-state index contributed by atoms with van der Waals surface area (Å²) in [6, 6.07) is 36.3. The molecule has 0 saturated heterocycles. The van der Waals surface area contributed by atoms with Gasteiger partial charge in [-0.1, -0.05) is 54.6 Å². The van der Waals surface area contributed by atoms with Crippen LogP contribution in [-0.2, 0) is 4.79 Å². The van der Waals surface area contributed by atoms with Crippen molar-refractivity contribution in [3.05, 3.63) is 131 Å². The van der Waals surface area contributed by atoms with Crippen molar-refractivity contribution in [2.24, 2.45) is 0 Å². The van der Waals surface area contributed by atoms with E-state index in [0.29, 0.717) is 12.0 Å². The van der Waals surface area contributed by atoms with Crippen LogP contribution < -0.4 is 21.2 Å². The molecule has 0 saturated carbocycles. The van der Waals surface area contributed by atoms with Crippen molar-refractivity contribution in [1.29, 1.82) is 0 Å². The van der Waals surface area contributed by atoms with Crippen LogP contribution in [0, 0.1) is 10.1 Å². The highest BCUT2D eigenvalue weighted by atomic mass is 31.2. The molecule has 0 aliphatic heterocycles. The molecule has 7 nitrogen and oxygen atoms in total. The fraction of sp³-hybridized carbons (Fsp3) is 0.219. The van der Waals surface area contributed by atoms with Crippen LogP contribution in [0.3, 0.4) is 0 Å². The van der Waals surface area contributed by atoms with Gasteiger partial charge in [-0.25, -0.2) is 0 Å². The number of hydrogen-bond acceptors (Lipinski definition) is 5. The number of nitro groups is 1. The number of amides is 1. The van der Waals surface area contributed by atoms with Gasteiger partial charge in [0.15, 0.2) is 0 Å². The molecule has 4 rings (SSSR count). The molecule has 0 fully saturated rings. The molecule has 206 valence electrons. The van der Waals surface area contributed by atoms with Gasteiger partial charge >= 0.3 is 0 Å². The lowest BCUT2D eigenvalue weighted by atomic mass is 10.0. The van der Waals surface area contributed by atoms with Gasteiger partial charge in [-0.05, 0) is 66.9 Å². The summed E-state index contributed by atoms with van der Waals surface area (Å²) in [4.78, 5) is 23.2. The number of benzene rings is 4. The number of nitrogens with one attached hydrogen (secondary N) is 1. The van der Waals surface area contributed by atoms with Gasteiger partial charge in [0.2, 0.25) is 5.91 Å². The Hall–Kier alpha value is -3.90. The second-order valence-corrected chi connectivity index (χ2v) is 13.3. The van der Waals surface area contributed by atoms with Gasteiger partial charge in [-0.2, -0.15) is 0 Å². The quantitative estimate of drug-likeness (QED) is 0.0984. The molecule has 40 heavy (non-hydrogen) atoms. The number of nitrogens with zero attached hydrogens (tertiary/aromatic N) is 1. The lowest BCUT2D eigenvalue weighted by Gasteiger charge is -2.28. The number of nitro benzene ring substituents is 1. The van der Waals surface area contributed by atoms with Gasteiger partial charge in [-0.3, -0.25) is 14.9 Å². The van der Waals surface area contributed by atoms with Gasteiger partial charge in [0.05, 0.1) is 23.7 Å². The highest BCUT2D eigenvalue weighted by Gasteiger charge is 2.44. The normalized spacial score (nSPS) is 12.8. The standard InChI is InChI=1S/C32H33N2O5P/c35-24-30(32(37)25-19-21-26(22-20-25)34(38)39)33-31(36)18-10-11-23-40(27-12-4-1-5-13-27,28-14-6-2-7-15-28)29-16-8-3-9-17-29/h1-9,12-17,19-22,30,32,35,37H,10-11,18,23-24H2/p+1/t30-,32-/m1/s1. The maximum absolute atomic E-state index is 12.8. The summed E-state index contributed by atoms with van der Waals surface area (Å²) in [5.74, 6) is -0.261. The van der Waals surface area contributed by atoms with Crippen molar-refractivity contribution in [1.82, 2.24) is 5.32 Å². The van der Waals surface area contributed by atoms with E-state index >= 15 is 0 Å². The first kappa shape index (κ1) is 29.1. The van der Waals surface area contributed by atoms with E-state index in [0.717, 1.165) is 12.6 Å². The van der Waals surface area contributed by atoms with E-state index in [1.807, 2.05) is 18.2 Å². The number of rotatable bonds is 13. The number of aliphatic hydroxyl groups excluding tert-OH is 2. The second kappa shape index (κ2) is 13.9. The summed E-state index contributed by atoms with van der Waals surface area (Å²) in [5, 5.41) is 38.0. The zero-order chi connectivity index (χ0) is 28.4. The van der Waals surface area contributed by atoms with E-state index in [1.54, 1.807) is 0 Å². The van der Waals surface area contributed by atoms with Crippen LogP contribution in [0.4, 0.5) is 5.69 Å². The molecule has 0 aromatic heterocycles. The Kier molecular flexibility index (Phi) is 10.1. The summed E-state index contributed by atoms with van der Waals surface area (Å²) >= 11 is 0. The topological polar surface area (TPSA) is 113 Å². The predicted molar refractivity (Wildman–Crippen MR) is 161 cm³/mol. The maximum atomic E-state index is 12.8. The minimum atomic E-state index is -1.97. The Morgan fingerprint density at radius 2 is 1.25 bits per heavy atom. The molecule has 0 aliphatic carbocycles. The molecule has 0 bridgehead atoms. The summed E-state index contributed by atoms with van der Waals surface area (Å²) in [7, 11) is -1.97. The molecule has 4 aromatic carbocycles. The van der Waals surface area contributed by atoms with Crippen LogP contribution in [0.25, 0.3) is 0 Å². The molecular formula is C32H34N2O5P+. The summed E-state index contributed by atoms with van der Waals surface area (Å²) in [6.07, 6.45) is 1.41. The SMILES string of the molecule is O=C(CCCC[P+](c1ccccc1)(c1ccccc1)c1ccccc1)N[C@H](CO)[C@H](O)c1ccc([N+](=O)[O-])cc1. The maximum Gasteiger partial charge on any atom is 0.269 e. The van der Waals surface area contributed by atoms with Crippen LogP contribution in [0.15, 0.2) is 115 Å². The lowest BCUT2D eigenvalue weighted by Crippen LogP contribution is -2.41. The van der Waals surface area contributed by atoms with Crippen molar-refractivity contribution in [3.63, 3.8) is 0 Å². The summed E-state index contributed by atoms with van der Waals surface area (Å²) < 4.78 is 0. The van der Waals surface area contributed by atoms with Gasteiger partial charge < -0.3 is 15.5 Å². The molecule has 1 amide bonds. The zero-order valence-electron chi connectivity index (χ0n) is 22.2. The van der Waals surface area contributed by atoms with E-state index in [4.69, 9.17) is 0 Å². The number of carbonyl (C=O) groups excluding carboxylic acids is 1. The van der Waals surface area contributed by atoms with Gasteiger partial charge in [0.1, 0.15) is 29.3 Å². The Balaban J connectivity index is 1.45. The van der Waals surface area contributed by atoms with E-state index in [1.165, 1.54) is 40.2 Å². The van der Waals surface area contributed by atoms with Crippen molar-refractivity contribution in [2.75, 3.05) is 12.8 Å². The smallest absolute Gasteiger partial charge is 0.269 e. The second-order valence-electron chi connectivity index (χ2n) is 9.65. The fourth-order valence-corrected chi connectivity index (χ4v) is 9.46. The van der Waals surface area contributed by atoms with Crippen LogP contribution in [0.2, 0.25) is 0 Å². The summed E-state index contributed by atoms with van der Waals surface area (Å²) in [5.41, 5.74) is 0.286. The average Bonchev–Trinajstić information content (AvgIpc) is 3.01. The Morgan fingerprint density at radius 1 is 0.775 bits per heavy atom. The third-order valence-electron chi connectivity index (χ3n) is 7.11. The number of aliphatic hydroxyl groups is 2. The van der Waals surface area contributed by atoms with Crippen molar-refractivity contribution in [3.8, 4) is 0 Å². The predicted octanol–water partition coefficient (Wildman–Crippen LogP) is 4.27. The Bertz CT molecular complexity index is 1270.